The van der Waals surface area contributed by atoms with Crippen molar-refractivity contribution in [3.63, 3.8) is 0 Å². The molecule has 1 aliphatic rings. The van der Waals surface area contributed by atoms with Gasteiger partial charge in [-0.15, -0.1) is 12.4 Å². The van der Waals surface area contributed by atoms with Crippen molar-refractivity contribution in [1.82, 2.24) is 0 Å². The second-order valence-corrected chi connectivity index (χ2v) is 4.05. The summed E-state index contributed by atoms with van der Waals surface area (Å²) in [5.41, 5.74) is 5.21. The van der Waals surface area contributed by atoms with Gasteiger partial charge in [-0.3, -0.25) is 4.79 Å². The summed E-state index contributed by atoms with van der Waals surface area (Å²) in [7, 11) is 3.09. The highest BCUT2D eigenvalue weighted by molar-refractivity contribution is 5.85. The normalized spacial score (nSPS) is 30.5. The van der Waals surface area contributed by atoms with E-state index in [0.29, 0.717) is 18.8 Å². The van der Waals surface area contributed by atoms with Gasteiger partial charge in [0.15, 0.2) is 0 Å². The van der Waals surface area contributed by atoms with Gasteiger partial charge in [-0.25, -0.2) is 0 Å². The standard InChI is InChI=1S/C10H19NO3.ClH/c1-13-7-8-3-5-10(11,6-4-8)9(12)14-2;/h8H,3-7,11H2,1-2H3;1H/t8-,10-;. The van der Waals surface area contributed by atoms with E-state index >= 15 is 0 Å². The molecule has 0 atom stereocenters. The highest BCUT2D eigenvalue weighted by atomic mass is 35.5. The molecule has 0 saturated heterocycles. The number of ether oxygens (including phenoxy) is 2. The van der Waals surface area contributed by atoms with Gasteiger partial charge in [0, 0.05) is 13.7 Å². The number of hydrogen-bond donors (Lipinski definition) is 1. The molecular weight excluding hydrogens is 218 g/mol. The van der Waals surface area contributed by atoms with Gasteiger partial charge in [0.05, 0.1) is 7.11 Å². The molecule has 4 nitrogen and oxygen atoms in total. The van der Waals surface area contributed by atoms with Crippen LogP contribution in [0.15, 0.2) is 0 Å². The van der Waals surface area contributed by atoms with Gasteiger partial charge in [-0.05, 0) is 31.6 Å². The van der Waals surface area contributed by atoms with E-state index in [9.17, 15) is 4.79 Å². The second kappa shape index (κ2) is 6.30. The number of rotatable bonds is 3. The zero-order chi connectivity index (χ0) is 10.6. The Labute approximate surface area is 96.9 Å². The molecule has 0 aromatic carbocycles. The summed E-state index contributed by atoms with van der Waals surface area (Å²) < 4.78 is 9.77. The van der Waals surface area contributed by atoms with E-state index in [4.69, 9.17) is 15.2 Å². The summed E-state index contributed by atoms with van der Waals surface area (Å²) in [6.45, 7) is 0.761. The summed E-state index contributed by atoms with van der Waals surface area (Å²) in [5.74, 6) is 0.259. The first kappa shape index (κ1) is 14.7. The summed E-state index contributed by atoms with van der Waals surface area (Å²) in [5, 5.41) is 0. The minimum Gasteiger partial charge on any atom is -0.468 e. The zero-order valence-corrected chi connectivity index (χ0v) is 10.1. The predicted octanol–water partition coefficient (Wildman–Crippen LogP) is 1.12. The van der Waals surface area contributed by atoms with Crippen molar-refractivity contribution in [2.75, 3.05) is 20.8 Å². The van der Waals surface area contributed by atoms with Crippen LogP contribution in [0.4, 0.5) is 0 Å². The lowest BCUT2D eigenvalue weighted by molar-refractivity contribution is -0.148. The van der Waals surface area contributed by atoms with Crippen molar-refractivity contribution in [3.05, 3.63) is 0 Å². The molecule has 1 fully saturated rings. The van der Waals surface area contributed by atoms with Crippen molar-refractivity contribution in [2.45, 2.75) is 31.2 Å². The number of carbonyl (C=O) groups is 1. The van der Waals surface area contributed by atoms with Crippen LogP contribution in [-0.2, 0) is 14.3 Å². The molecule has 0 aromatic heterocycles. The Hall–Kier alpha value is -0.320. The number of methoxy groups -OCH3 is 2. The molecule has 1 aliphatic carbocycles. The van der Waals surface area contributed by atoms with E-state index in [1.165, 1.54) is 7.11 Å². The van der Waals surface area contributed by atoms with E-state index in [1.807, 2.05) is 0 Å². The number of carbonyl (C=O) groups excluding carboxylic acids is 1. The van der Waals surface area contributed by atoms with Gasteiger partial charge in [0.2, 0.25) is 0 Å². The summed E-state index contributed by atoms with van der Waals surface area (Å²) in [6.07, 6.45) is 3.29. The van der Waals surface area contributed by atoms with Gasteiger partial charge in [-0.2, -0.15) is 0 Å². The summed E-state index contributed by atoms with van der Waals surface area (Å²) >= 11 is 0. The van der Waals surface area contributed by atoms with Crippen LogP contribution in [0.2, 0.25) is 0 Å². The molecule has 0 unspecified atom stereocenters. The minimum atomic E-state index is -0.751. The lowest BCUT2D eigenvalue weighted by Gasteiger charge is -2.34. The molecule has 0 radical (unpaired) electrons. The minimum absolute atomic E-state index is 0. The Morgan fingerprint density at radius 2 is 1.93 bits per heavy atom. The first-order valence-corrected chi connectivity index (χ1v) is 4.98. The fourth-order valence-electron chi connectivity index (χ4n) is 2.00. The molecule has 0 spiro atoms. The Kier molecular flexibility index (Phi) is 6.17. The molecule has 1 rings (SSSR count). The van der Waals surface area contributed by atoms with Crippen LogP contribution in [0.25, 0.3) is 0 Å². The van der Waals surface area contributed by atoms with Crippen molar-refractivity contribution in [3.8, 4) is 0 Å². The lowest BCUT2D eigenvalue weighted by Crippen LogP contribution is -2.51. The van der Waals surface area contributed by atoms with Crippen LogP contribution in [0.3, 0.4) is 0 Å². The Bertz CT molecular complexity index is 203. The average molecular weight is 238 g/mol. The molecule has 1 saturated carbocycles. The predicted molar refractivity (Wildman–Crippen MR) is 60.0 cm³/mol. The highest BCUT2D eigenvalue weighted by Gasteiger charge is 2.38. The largest absolute Gasteiger partial charge is 0.468 e. The molecule has 0 heterocycles. The van der Waals surface area contributed by atoms with E-state index < -0.39 is 5.54 Å². The fraction of sp³-hybridized carbons (Fsp3) is 0.900. The monoisotopic (exact) mass is 237 g/mol. The van der Waals surface area contributed by atoms with Gasteiger partial charge in [0.25, 0.3) is 0 Å². The summed E-state index contributed by atoms with van der Waals surface area (Å²) in [4.78, 5) is 11.4. The maximum atomic E-state index is 11.4. The molecule has 0 aliphatic heterocycles. The third-order valence-corrected chi connectivity index (χ3v) is 2.99. The third-order valence-electron chi connectivity index (χ3n) is 2.99. The van der Waals surface area contributed by atoms with Crippen molar-refractivity contribution in [2.24, 2.45) is 11.7 Å². The molecule has 0 aromatic rings. The van der Waals surface area contributed by atoms with Crippen molar-refractivity contribution < 1.29 is 14.3 Å². The van der Waals surface area contributed by atoms with Crippen molar-refractivity contribution >= 4 is 18.4 Å². The topological polar surface area (TPSA) is 61.5 Å². The average Bonchev–Trinajstić information content (AvgIpc) is 2.21. The molecule has 5 heteroatoms. The lowest BCUT2D eigenvalue weighted by atomic mass is 9.77. The third kappa shape index (κ3) is 3.63. The van der Waals surface area contributed by atoms with E-state index in [1.54, 1.807) is 7.11 Å². The number of hydrogen-bond acceptors (Lipinski definition) is 4. The molecule has 2 N–H and O–H groups in total. The van der Waals surface area contributed by atoms with Crippen LogP contribution in [0.1, 0.15) is 25.7 Å². The van der Waals surface area contributed by atoms with E-state index in [-0.39, 0.29) is 18.4 Å². The quantitative estimate of drug-likeness (QED) is 0.748. The highest BCUT2D eigenvalue weighted by Crippen LogP contribution is 2.31. The van der Waals surface area contributed by atoms with Gasteiger partial charge in [-0.1, -0.05) is 0 Å². The van der Waals surface area contributed by atoms with Gasteiger partial charge < -0.3 is 15.2 Å². The second-order valence-electron chi connectivity index (χ2n) is 4.05. The van der Waals surface area contributed by atoms with Crippen LogP contribution >= 0.6 is 12.4 Å². The van der Waals surface area contributed by atoms with Crippen LogP contribution < -0.4 is 5.73 Å². The number of nitrogens with two attached hydrogens (primary N) is 1. The fourth-order valence-corrected chi connectivity index (χ4v) is 2.00. The number of halogens is 1. The zero-order valence-electron chi connectivity index (χ0n) is 9.32. The Balaban J connectivity index is 0.00000196. The van der Waals surface area contributed by atoms with Crippen LogP contribution in [-0.4, -0.2) is 32.3 Å². The maximum absolute atomic E-state index is 11.4. The molecule has 15 heavy (non-hydrogen) atoms. The first-order valence-electron chi connectivity index (χ1n) is 4.98. The van der Waals surface area contributed by atoms with Gasteiger partial charge >= 0.3 is 5.97 Å². The van der Waals surface area contributed by atoms with E-state index in [2.05, 4.69) is 0 Å². The van der Waals surface area contributed by atoms with E-state index in [0.717, 1.165) is 19.4 Å². The SMILES string of the molecule is COC[C@H]1CC[C@@](N)(C(=O)OC)CC1.Cl. The molecule has 90 valence electrons. The Morgan fingerprint density at radius 1 is 1.40 bits per heavy atom. The first-order chi connectivity index (χ1) is 6.62. The van der Waals surface area contributed by atoms with Crippen molar-refractivity contribution in [1.29, 1.82) is 0 Å². The summed E-state index contributed by atoms with van der Waals surface area (Å²) in [6, 6.07) is 0. The maximum Gasteiger partial charge on any atom is 0.325 e. The molecule has 0 amide bonds. The van der Waals surface area contributed by atoms with Gasteiger partial charge in [0.1, 0.15) is 5.54 Å². The van der Waals surface area contributed by atoms with Crippen LogP contribution in [0, 0.1) is 5.92 Å². The number of esters is 1. The van der Waals surface area contributed by atoms with Crippen LogP contribution in [0.5, 0.6) is 0 Å². The molecule has 0 bridgehead atoms. The Morgan fingerprint density at radius 3 is 2.33 bits per heavy atom. The molecular formula is C10H20ClNO3. The smallest absolute Gasteiger partial charge is 0.325 e.